The highest BCUT2D eigenvalue weighted by molar-refractivity contribution is 14.1. The van der Waals surface area contributed by atoms with Crippen molar-refractivity contribution in [2.75, 3.05) is 5.32 Å². The molecule has 0 spiro atoms. The van der Waals surface area contributed by atoms with Gasteiger partial charge in [-0.2, -0.15) is 13.2 Å². The number of anilines is 1. The van der Waals surface area contributed by atoms with Crippen LogP contribution >= 0.6 is 33.9 Å². The van der Waals surface area contributed by atoms with Crippen LogP contribution in [-0.4, -0.2) is 10.9 Å². The molecule has 0 saturated carbocycles. The molecule has 1 amide bonds. The number of nitrogens with zero attached hydrogens (tertiary/aromatic N) is 1. The lowest BCUT2D eigenvalue weighted by Gasteiger charge is -2.10. The van der Waals surface area contributed by atoms with Crippen molar-refractivity contribution in [1.29, 1.82) is 0 Å². The fourth-order valence-corrected chi connectivity index (χ4v) is 2.43. The Balaban J connectivity index is 2.13. The predicted octanol–water partition coefficient (Wildman–Crippen LogP) is 4.42. The average Bonchev–Trinajstić information content (AvgIpc) is 2.91. The summed E-state index contributed by atoms with van der Waals surface area (Å²) in [5.41, 5.74) is 1.56. The summed E-state index contributed by atoms with van der Waals surface area (Å²) in [6.07, 6.45) is -1.72. The molecular formula is C13H8F3IN2OS. The van der Waals surface area contributed by atoms with E-state index in [1.54, 1.807) is 10.9 Å². The summed E-state index contributed by atoms with van der Waals surface area (Å²) in [6, 6.07) is 3.20. The van der Waals surface area contributed by atoms with Crippen molar-refractivity contribution in [2.24, 2.45) is 0 Å². The molecule has 0 aliphatic rings. The first-order valence-electron chi connectivity index (χ1n) is 5.60. The molecule has 110 valence electrons. The van der Waals surface area contributed by atoms with Gasteiger partial charge >= 0.3 is 6.18 Å². The normalized spacial score (nSPS) is 11.8. The van der Waals surface area contributed by atoms with Crippen molar-refractivity contribution >= 4 is 51.6 Å². The van der Waals surface area contributed by atoms with Gasteiger partial charge in [0.15, 0.2) is 0 Å². The number of alkyl halides is 3. The smallest absolute Gasteiger partial charge is 0.322 e. The molecule has 0 radical (unpaired) electrons. The highest BCUT2D eigenvalue weighted by Crippen LogP contribution is 2.32. The third-order valence-corrected chi connectivity index (χ3v) is 3.95. The zero-order valence-electron chi connectivity index (χ0n) is 10.3. The Morgan fingerprint density at radius 1 is 1.38 bits per heavy atom. The van der Waals surface area contributed by atoms with Crippen LogP contribution in [0.1, 0.15) is 11.3 Å². The monoisotopic (exact) mass is 424 g/mol. The van der Waals surface area contributed by atoms with Crippen LogP contribution in [0, 0.1) is 3.57 Å². The molecule has 0 bridgehead atoms. The number of thiazole rings is 1. The quantitative estimate of drug-likeness (QED) is 0.586. The lowest BCUT2D eigenvalue weighted by molar-refractivity contribution is -0.137. The van der Waals surface area contributed by atoms with E-state index in [1.165, 1.54) is 29.6 Å². The van der Waals surface area contributed by atoms with E-state index in [2.05, 4.69) is 10.3 Å². The number of rotatable bonds is 3. The summed E-state index contributed by atoms with van der Waals surface area (Å²) in [7, 11) is 0. The van der Waals surface area contributed by atoms with Crippen molar-refractivity contribution in [2.45, 2.75) is 6.18 Å². The van der Waals surface area contributed by atoms with Gasteiger partial charge in [-0.15, -0.1) is 11.3 Å². The molecule has 0 unspecified atom stereocenters. The van der Waals surface area contributed by atoms with Gasteiger partial charge < -0.3 is 5.32 Å². The minimum absolute atomic E-state index is 0.123. The molecule has 2 aromatic rings. The van der Waals surface area contributed by atoms with Gasteiger partial charge in [-0.1, -0.05) is 0 Å². The van der Waals surface area contributed by atoms with Gasteiger partial charge in [0.2, 0.25) is 5.91 Å². The summed E-state index contributed by atoms with van der Waals surface area (Å²) in [5, 5.41) is 4.18. The van der Waals surface area contributed by atoms with E-state index in [4.69, 9.17) is 0 Å². The molecule has 2 rings (SSSR count). The molecule has 3 nitrogen and oxygen atoms in total. The minimum Gasteiger partial charge on any atom is -0.322 e. The van der Waals surface area contributed by atoms with Gasteiger partial charge in [-0.25, -0.2) is 4.98 Å². The molecule has 21 heavy (non-hydrogen) atoms. The Morgan fingerprint density at radius 2 is 2.14 bits per heavy atom. The second kappa shape index (κ2) is 6.56. The SMILES string of the molecule is O=C(/C=C/c1cscn1)Nc1cc(C(F)(F)F)ccc1I. The van der Waals surface area contributed by atoms with Gasteiger partial charge in [-0.05, 0) is 46.9 Å². The van der Waals surface area contributed by atoms with Crippen molar-refractivity contribution in [3.63, 3.8) is 0 Å². The number of aromatic nitrogens is 1. The van der Waals surface area contributed by atoms with Crippen LogP contribution in [0.2, 0.25) is 0 Å². The van der Waals surface area contributed by atoms with Gasteiger partial charge in [0, 0.05) is 15.0 Å². The second-order valence-electron chi connectivity index (χ2n) is 3.93. The summed E-state index contributed by atoms with van der Waals surface area (Å²) in [4.78, 5) is 15.7. The molecule has 0 aliphatic carbocycles. The number of halogens is 4. The highest BCUT2D eigenvalue weighted by atomic mass is 127. The van der Waals surface area contributed by atoms with Crippen LogP contribution in [0.4, 0.5) is 18.9 Å². The number of amides is 1. The third-order valence-electron chi connectivity index (χ3n) is 2.41. The van der Waals surface area contributed by atoms with Crippen LogP contribution in [0.3, 0.4) is 0 Å². The van der Waals surface area contributed by atoms with Crippen LogP contribution in [0.5, 0.6) is 0 Å². The zero-order valence-corrected chi connectivity index (χ0v) is 13.3. The first-order valence-corrected chi connectivity index (χ1v) is 7.62. The largest absolute Gasteiger partial charge is 0.416 e. The predicted molar refractivity (Wildman–Crippen MR) is 83.9 cm³/mol. The van der Waals surface area contributed by atoms with Crippen LogP contribution < -0.4 is 5.32 Å². The van der Waals surface area contributed by atoms with Gasteiger partial charge in [0.25, 0.3) is 0 Å². The van der Waals surface area contributed by atoms with E-state index in [1.807, 2.05) is 22.6 Å². The Labute approximate surface area is 136 Å². The van der Waals surface area contributed by atoms with Gasteiger partial charge in [-0.3, -0.25) is 4.79 Å². The van der Waals surface area contributed by atoms with E-state index in [0.717, 1.165) is 12.1 Å². The Morgan fingerprint density at radius 3 is 2.76 bits per heavy atom. The van der Waals surface area contributed by atoms with Crippen LogP contribution in [-0.2, 0) is 11.0 Å². The number of hydrogen-bond donors (Lipinski definition) is 1. The minimum atomic E-state index is -4.44. The Bertz CT molecular complexity index is 669. The van der Waals surface area contributed by atoms with E-state index in [0.29, 0.717) is 9.26 Å². The molecule has 0 aliphatic heterocycles. The maximum atomic E-state index is 12.6. The summed E-state index contributed by atoms with van der Waals surface area (Å²) < 4.78 is 38.4. The molecule has 1 heterocycles. The lowest BCUT2D eigenvalue weighted by Crippen LogP contribution is -2.11. The molecule has 8 heteroatoms. The fraction of sp³-hybridized carbons (Fsp3) is 0.0769. The Kier molecular flexibility index (Phi) is 4.99. The summed E-state index contributed by atoms with van der Waals surface area (Å²) in [5.74, 6) is -0.514. The fourth-order valence-electron chi connectivity index (χ4n) is 1.44. The second-order valence-corrected chi connectivity index (χ2v) is 5.81. The molecule has 0 fully saturated rings. The Hall–Kier alpha value is -1.42. The summed E-state index contributed by atoms with van der Waals surface area (Å²) in [6.45, 7) is 0. The maximum Gasteiger partial charge on any atom is 0.416 e. The maximum absolute atomic E-state index is 12.6. The van der Waals surface area contributed by atoms with E-state index in [-0.39, 0.29) is 5.69 Å². The topological polar surface area (TPSA) is 42.0 Å². The van der Waals surface area contributed by atoms with Crippen LogP contribution in [0.15, 0.2) is 35.2 Å². The molecule has 1 aromatic heterocycles. The number of carbonyl (C=O) groups excluding carboxylic acids is 1. The molecule has 0 atom stereocenters. The van der Waals surface area contributed by atoms with Crippen molar-refractivity contribution in [3.8, 4) is 0 Å². The average molecular weight is 424 g/mol. The van der Waals surface area contributed by atoms with Crippen molar-refractivity contribution in [1.82, 2.24) is 4.98 Å². The number of nitrogens with one attached hydrogen (secondary N) is 1. The van der Waals surface area contributed by atoms with E-state index in [9.17, 15) is 18.0 Å². The highest BCUT2D eigenvalue weighted by Gasteiger charge is 2.31. The standard InChI is InChI=1S/C13H8F3IN2OS/c14-13(15,16)8-1-3-10(17)11(5-8)19-12(20)4-2-9-6-21-7-18-9/h1-7H,(H,19,20)/b4-2+. The third kappa shape index (κ3) is 4.53. The molecule has 0 saturated heterocycles. The molecule has 1 aromatic carbocycles. The van der Waals surface area contributed by atoms with Crippen molar-refractivity contribution < 1.29 is 18.0 Å². The number of hydrogen-bond acceptors (Lipinski definition) is 3. The first kappa shape index (κ1) is 16.0. The lowest BCUT2D eigenvalue weighted by atomic mass is 10.2. The van der Waals surface area contributed by atoms with Gasteiger partial charge in [0.05, 0.1) is 22.5 Å². The van der Waals surface area contributed by atoms with E-state index >= 15 is 0 Å². The molecular weight excluding hydrogens is 416 g/mol. The zero-order chi connectivity index (χ0) is 15.5. The van der Waals surface area contributed by atoms with Crippen molar-refractivity contribution in [3.05, 3.63) is 50.0 Å². The van der Waals surface area contributed by atoms with Gasteiger partial charge in [0.1, 0.15) is 0 Å². The summed E-state index contributed by atoms with van der Waals surface area (Å²) >= 11 is 3.24. The first-order chi connectivity index (χ1) is 9.86. The number of benzene rings is 1. The molecule has 1 N–H and O–H groups in total. The van der Waals surface area contributed by atoms with E-state index < -0.39 is 17.6 Å². The number of carbonyl (C=O) groups is 1. The van der Waals surface area contributed by atoms with Crippen LogP contribution in [0.25, 0.3) is 6.08 Å².